The first kappa shape index (κ1) is 28.3. The molecule has 1 unspecified atom stereocenters. The van der Waals surface area contributed by atoms with Crippen LogP contribution in [0.25, 0.3) is 0 Å². The molecule has 0 aliphatic carbocycles. The van der Waals surface area contributed by atoms with Crippen LogP contribution in [0.5, 0.6) is 0 Å². The molecule has 0 aromatic heterocycles. The van der Waals surface area contributed by atoms with Gasteiger partial charge in [-0.1, -0.05) is 6.58 Å². The number of carbonyl (C=O) groups is 1. The Kier molecular flexibility index (Phi) is 8.67. The lowest BCUT2D eigenvalue weighted by atomic mass is 9.94. The number of hydrogen-bond donors (Lipinski definition) is 1. The maximum absolute atomic E-state index is 13.5. The number of alkyl halides is 12. The lowest BCUT2D eigenvalue weighted by Crippen LogP contribution is -2.69. The summed E-state index contributed by atoms with van der Waals surface area (Å²) in [5, 5.41) is 8.83. The van der Waals surface area contributed by atoms with Crippen LogP contribution in [0.1, 0.15) is 6.92 Å². The largest absolute Gasteiger partial charge is 0.454 e. The van der Waals surface area contributed by atoms with Gasteiger partial charge in [-0.15, -0.1) is 0 Å². The highest BCUT2D eigenvalue weighted by atomic mass is 19.4. The van der Waals surface area contributed by atoms with E-state index in [0.717, 1.165) is 6.92 Å². The second-order valence-corrected chi connectivity index (χ2v) is 5.86. The van der Waals surface area contributed by atoms with Crippen molar-refractivity contribution < 1.29 is 72.1 Å². The van der Waals surface area contributed by atoms with Gasteiger partial charge in [0.15, 0.2) is 0 Å². The average molecular weight is 474 g/mol. The molecule has 0 rings (SSSR count). The minimum atomic E-state index is -7.66. The predicted molar refractivity (Wildman–Crippen MR) is 73.3 cm³/mol. The van der Waals surface area contributed by atoms with Crippen molar-refractivity contribution in [2.24, 2.45) is 0 Å². The van der Waals surface area contributed by atoms with Crippen molar-refractivity contribution in [3.05, 3.63) is 12.2 Å². The summed E-state index contributed by atoms with van der Waals surface area (Å²) < 4.78 is 164. The topological polar surface area (TPSA) is 55.8 Å². The molecule has 0 bridgehead atoms. The molecule has 0 fully saturated rings. The zero-order chi connectivity index (χ0) is 24.3. The minimum Gasteiger partial charge on any atom is -0.454 e. The van der Waals surface area contributed by atoms with E-state index in [2.05, 4.69) is 16.1 Å². The molecule has 0 spiro atoms. The third-order valence-corrected chi connectivity index (χ3v) is 3.35. The molecule has 0 amide bonds. The van der Waals surface area contributed by atoms with Crippen molar-refractivity contribution in [1.29, 1.82) is 0 Å². The summed E-state index contributed by atoms with van der Waals surface area (Å²) in [6, 6.07) is 0. The fourth-order valence-corrected chi connectivity index (χ4v) is 1.56. The van der Waals surface area contributed by atoms with Crippen molar-refractivity contribution in [2.75, 3.05) is 19.8 Å². The smallest absolute Gasteiger partial charge is 0.384 e. The third-order valence-electron chi connectivity index (χ3n) is 3.35. The molecular weight excluding hydrogens is 460 g/mol. The first-order chi connectivity index (χ1) is 13.2. The Bertz CT molecular complexity index is 620. The zero-order valence-electron chi connectivity index (χ0n) is 14.7. The van der Waals surface area contributed by atoms with Gasteiger partial charge in [0.25, 0.3) is 0 Å². The monoisotopic (exact) mass is 474 g/mol. The molecule has 0 aliphatic heterocycles. The number of aliphatic hydroxyl groups is 1. The summed E-state index contributed by atoms with van der Waals surface area (Å²) in [6.07, 6.45) is -7.41. The maximum Gasteiger partial charge on any atom is 0.384 e. The van der Waals surface area contributed by atoms with E-state index in [-0.39, 0.29) is 5.57 Å². The van der Waals surface area contributed by atoms with E-state index < -0.39 is 67.9 Å². The summed E-state index contributed by atoms with van der Waals surface area (Å²) in [4.78, 5) is 11.2. The fourth-order valence-electron chi connectivity index (χ4n) is 1.56. The van der Waals surface area contributed by atoms with E-state index in [4.69, 9.17) is 5.11 Å². The highest BCUT2D eigenvalue weighted by Crippen LogP contribution is 2.58. The Balaban J connectivity index is 5.51. The quantitative estimate of drug-likeness (QED) is 0.265. The predicted octanol–water partition coefficient (Wildman–Crippen LogP) is 3.92. The Morgan fingerprint density at radius 2 is 1.40 bits per heavy atom. The molecular formula is C14H14F12O4. The molecule has 0 heterocycles. The van der Waals surface area contributed by atoms with Crippen molar-refractivity contribution in [1.82, 2.24) is 0 Å². The van der Waals surface area contributed by atoms with Crippen molar-refractivity contribution in [3.63, 3.8) is 0 Å². The Hall–Kier alpha value is -1.71. The first-order valence-electron chi connectivity index (χ1n) is 7.43. The molecule has 16 heteroatoms. The minimum absolute atomic E-state index is 0.271. The van der Waals surface area contributed by atoms with Crippen molar-refractivity contribution >= 4 is 5.97 Å². The molecule has 4 nitrogen and oxygen atoms in total. The number of halogens is 12. The number of hydrogen-bond acceptors (Lipinski definition) is 4. The van der Waals surface area contributed by atoms with Crippen LogP contribution in [0, 0.1) is 0 Å². The van der Waals surface area contributed by atoms with Crippen LogP contribution < -0.4 is 0 Å². The van der Waals surface area contributed by atoms with Gasteiger partial charge in [0.1, 0.15) is 12.7 Å². The number of aliphatic hydroxyl groups excluding tert-OH is 1. The highest BCUT2D eigenvalue weighted by Gasteiger charge is 2.87. The van der Waals surface area contributed by atoms with E-state index in [1.54, 1.807) is 0 Å². The SMILES string of the molecule is C=C(C)C(=O)OC(CO)COCC(F)(F)C(F)(F)C(F)(F)C(F)(F)C(F)(F)C(F)F. The van der Waals surface area contributed by atoms with Gasteiger partial charge < -0.3 is 14.6 Å². The number of rotatable bonds is 12. The summed E-state index contributed by atoms with van der Waals surface area (Å²) >= 11 is 0. The van der Waals surface area contributed by atoms with Gasteiger partial charge in [-0.2, -0.15) is 43.9 Å². The molecule has 0 aromatic carbocycles. The third kappa shape index (κ3) is 5.12. The van der Waals surface area contributed by atoms with Crippen LogP contribution >= 0.6 is 0 Å². The summed E-state index contributed by atoms with van der Waals surface area (Å²) in [6.45, 7) is -1.14. The molecule has 1 atom stereocenters. The van der Waals surface area contributed by atoms with Gasteiger partial charge >= 0.3 is 42.0 Å². The lowest BCUT2D eigenvalue weighted by molar-refractivity contribution is -0.415. The molecule has 0 saturated carbocycles. The van der Waals surface area contributed by atoms with E-state index >= 15 is 0 Å². The maximum atomic E-state index is 13.5. The van der Waals surface area contributed by atoms with Gasteiger partial charge in [-0.05, 0) is 6.92 Å². The van der Waals surface area contributed by atoms with Crippen LogP contribution in [0.3, 0.4) is 0 Å². The van der Waals surface area contributed by atoms with E-state index in [1.165, 1.54) is 0 Å². The van der Waals surface area contributed by atoms with Crippen LogP contribution in [0.4, 0.5) is 52.7 Å². The molecule has 0 aliphatic rings. The molecule has 0 saturated heterocycles. The average Bonchev–Trinajstić information content (AvgIpc) is 2.59. The molecule has 0 aromatic rings. The molecule has 0 radical (unpaired) electrons. The Labute approximate surface area is 160 Å². The van der Waals surface area contributed by atoms with E-state index in [1.807, 2.05) is 0 Å². The molecule has 178 valence electrons. The van der Waals surface area contributed by atoms with Crippen molar-refractivity contribution in [3.8, 4) is 0 Å². The standard InChI is InChI=1S/C14H14F12O4/c1-6(2)8(28)30-7(3-27)4-29-5-10(17,18)12(21,22)14(25,26)13(23,24)11(19,20)9(15)16/h7,9,27H,1,3-5H2,2H3. The number of carbonyl (C=O) groups excluding carboxylic acids is 1. The van der Waals surface area contributed by atoms with Gasteiger partial charge in [0.05, 0.1) is 13.2 Å². The van der Waals surface area contributed by atoms with Crippen LogP contribution in [-0.2, 0) is 14.3 Å². The second-order valence-electron chi connectivity index (χ2n) is 5.86. The van der Waals surface area contributed by atoms with Gasteiger partial charge in [-0.3, -0.25) is 0 Å². The molecule has 1 N–H and O–H groups in total. The van der Waals surface area contributed by atoms with Crippen LogP contribution in [-0.4, -0.2) is 73.0 Å². The van der Waals surface area contributed by atoms with E-state index in [9.17, 15) is 57.5 Å². The summed E-state index contributed by atoms with van der Waals surface area (Å²) in [5.41, 5.74) is -0.271. The van der Waals surface area contributed by atoms with Gasteiger partial charge in [0, 0.05) is 5.57 Å². The normalized spacial score (nSPS) is 15.3. The van der Waals surface area contributed by atoms with Crippen molar-refractivity contribution in [2.45, 2.75) is 49.1 Å². The van der Waals surface area contributed by atoms with Gasteiger partial charge in [-0.25, -0.2) is 13.6 Å². The number of ether oxygens (including phenoxy) is 2. The zero-order valence-corrected chi connectivity index (χ0v) is 14.7. The Morgan fingerprint density at radius 3 is 1.77 bits per heavy atom. The van der Waals surface area contributed by atoms with E-state index in [0.29, 0.717) is 0 Å². The molecule has 30 heavy (non-hydrogen) atoms. The Morgan fingerprint density at radius 1 is 0.933 bits per heavy atom. The van der Waals surface area contributed by atoms with Crippen LogP contribution in [0.2, 0.25) is 0 Å². The highest BCUT2D eigenvalue weighted by molar-refractivity contribution is 5.87. The fraction of sp³-hybridized carbons (Fsp3) is 0.786. The second kappa shape index (κ2) is 9.20. The van der Waals surface area contributed by atoms with Gasteiger partial charge in [0.2, 0.25) is 0 Å². The van der Waals surface area contributed by atoms with Crippen LogP contribution in [0.15, 0.2) is 12.2 Å². The summed E-state index contributed by atoms with van der Waals surface area (Å²) in [5.74, 6) is -37.1. The number of esters is 1. The first-order valence-corrected chi connectivity index (χ1v) is 7.43. The summed E-state index contributed by atoms with van der Waals surface area (Å²) in [7, 11) is 0. The lowest BCUT2D eigenvalue weighted by Gasteiger charge is -2.39.